The number of fused-ring (bicyclic) bond motifs is 2. The van der Waals surface area contributed by atoms with Gasteiger partial charge < -0.3 is 18.9 Å². The van der Waals surface area contributed by atoms with E-state index in [1.54, 1.807) is 0 Å². The molecule has 5 fully saturated rings. The molecule has 136 valence electrons. The number of hydrogen-bond donors (Lipinski definition) is 0. The van der Waals surface area contributed by atoms with Crippen LogP contribution >= 0.6 is 0 Å². The van der Waals surface area contributed by atoms with Crippen molar-refractivity contribution in [3.05, 3.63) is 0 Å². The van der Waals surface area contributed by atoms with Gasteiger partial charge in [-0.25, -0.2) is 0 Å². The molecule has 0 unspecified atom stereocenters. The third-order valence-electron chi connectivity index (χ3n) is 7.40. The Morgan fingerprint density at radius 2 is 0.833 bits per heavy atom. The van der Waals surface area contributed by atoms with Gasteiger partial charge in [0.2, 0.25) is 0 Å². The zero-order chi connectivity index (χ0) is 16.1. The van der Waals surface area contributed by atoms with E-state index in [1.165, 1.54) is 38.5 Å². The van der Waals surface area contributed by atoms with E-state index in [-0.39, 0.29) is 11.2 Å². The van der Waals surface area contributed by atoms with Gasteiger partial charge in [-0.3, -0.25) is 0 Å². The standard InChI is InChI=1S/C20H32O4/c1-3-9-17(10-4-1)19(13-7-15-21-19)24-18(11-5-2-6-12-18)20(23-17)14-8-16-22-20/h1-16H2/t19-,20+. The summed E-state index contributed by atoms with van der Waals surface area (Å²) in [6, 6.07) is 0. The Bertz CT molecular complexity index is 420. The van der Waals surface area contributed by atoms with Crippen molar-refractivity contribution >= 4 is 0 Å². The van der Waals surface area contributed by atoms with E-state index in [0.29, 0.717) is 0 Å². The lowest BCUT2D eigenvalue weighted by Crippen LogP contribution is -2.75. The minimum absolute atomic E-state index is 0.283. The summed E-state index contributed by atoms with van der Waals surface area (Å²) in [6.45, 7) is 1.63. The summed E-state index contributed by atoms with van der Waals surface area (Å²) in [6.07, 6.45) is 15.9. The first-order chi connectivity index (χ1) is 11.7. The van der Waals surface area contributed by atoms with Crippen LogP contribution in [0.15, 0.2) is 0 Å². The van der Waals surface area contributed by atoms with Crippen molar-refractivity contribution < 1.29 is 18.9 Å². The highest BCUT2D eigenvalue weighted by Gasteiger charge is 2.72. The van der Waals surface area contributed by atoms with E-state index in [0.717, 1.165) is 64.6 Å². The highest BCUT2D eigenvalue weighted by Crippen LogP contribution is 2.62. The molecule has 0 radical (unpaired) electrons. The summed E-state index contributed by atoms with van der Waals surface area (Å²) in [5.74, 6) is -1.02. The Morgan fingerprint density at radius 3 is 1.17 bits per heavy atom. The fraction of sp³-hybridized carbons (Fsp3) is 1.00. The van der Waals surface area contributed by atoms with E-state index in [1.807, 2.05) is 0 Å². The molecule has 0 amide bonds. The fourth-order valence-corrected chi connectivity index (χ4v) is 6.29. The molecule has 2 atom stereocenters. The minimum atomic E-state index is -0.512. The van der Waals surface area contributed by atoms with E-state index in [9.17, 15) is 0 Å². The lowest BCUT2D eigenvalue weighted by Gasteiger charge is -2.64. The first-order valence-electron chi connectivity index (χ1n) is 10.4. The molecule has 0 aromatic carbocycles. The van der Waals surface area contributed by atoms with Gasteiger partial charge in [0.1, 0.15) is 11.2 Å². The molecule has 5 rings (SSSR count). The second-order valence-corrected chi connectivity index (χ2v) is 8.72. The second-order valence-electron chi connectivity index (χ2n) is 8.72. The molecule has 2 saturated carbocycles. The monoisotopic (exact) mass is 336 g/mol. The average molecular weight is 336 g/mol. The van der Waals surface area contributed by atoms with Gasteiger partial charge in [0.15, 0.2) is 11.6 Å². The van der Waals surface area contributed by atoms with Crippen molar-refractivity contribution in [2.45, 2.75) is 113 Å². The van der Waals surface area contributed by atoms with Crippen molar-refractivity contribution in [2.24, 2.45) is 0 Å². The Morgan fingerprint density at radius 1 is 0.417 bits per heavy atom. The van der Waals surface area contributed by atoms with Crippen molar-refractivity contribution in [1.29, 1.82) is 0 Å². The van der Waals surface area contributed by atoms with Crippen molar-refractivity contribution in [3.63, 3.8) is 0 Å². The molecular weight excluding hydrogens is 304 g/mol. The zero-order valence-corrected chi connectivity index (χ0v) is 14.9. The maximum Gasteiger partial charge on any atom is 0.198 e. The lowest BCUT2D eigenvalue weighted by atomic mass is 9.70. The molecule has 3 aliphatic heterocycles. The van der Waals surface area contributed by atoms with E-state index >= 15 is 0 Å². The van der Waals surface area contributed by atoms with Crippen LogP contribution in [-0.2, 0) is 18.9 Å². The predicted molar refractivity (Wildman–Crippen MR) is 89.6 cm³/mol. The Kier molecular flexibility index (Phi) is 3.79. The highest BCUT2D eigenvalue weighted by molar-refractivity contribution is 5.13. The van der Waals surface area contributed by atoms with E-state index in [4.69, 9.17) is 18.9 Å². The maximum atomic E-state index is 7.12. The Hall–Kier alpha value is -0.160. The largest absolute Gasteiger partial charge is 0.347 e. The third kappa shape index (κ3) is 2.06. The first-order valence-corrected chi connectivity index (χ1v) is 10.4. The van der Waals surface area contributed by atoms with E-state index < -0.39 is 11.6 Å². The highest BCUT2D eigenvalue weighted by atomic mass is 16.8. The molecule has 4 spiro atoms. The molecule has 24 heavy (non-hydrogen) atoms. The number of hydrogen-bond acceptors (Lipinski definition) is 4. The second kappa shape index (κ2) is 5.67. The smallest absolute Gasteiger partial charge is 0.198 e. The van der Waals surface area contributed by atoms with Crippen LogP contribution in [0.2, 0.25) is 0 Å². The first kappa shape index (κ1) is 16.0. The van der Waals surface area contributed by atoms with Crippen LogP contribution in [0.5, 0.6) is 0 Å². The molecule has 3 saturated heterocycles. The summed E-state index contributed by atoms with van der Waals surface area (Å²) in [4.78, 5) is 0. The quantitative estimate of drug-likeness (QED) is 0.655. The summed E-state index contributed by atoms with van der Waals surface area (Å²) < 4.78 is 27.0. The van der Waals surface area contributed by atoms with Crippen molar-refractivity contribution in [2.75, 3.05) is 13.2 Å². The summed E-state index contributed by atoms with van der Waals surface area (Å²) in [5, 5.41) is 0. The van der Waals surface area contributed by atoms with Gasteiger partial charge in [-0.1, -0.05) is 38.5 Å². The van der Waals surface area contributed by atoms with Gasteiger partial charge in [-0.05, 0) is 38.5 Å². The molecule has 0 N–H and O–H groups in total. The molecule has 4 heteroatoms. The molecule has 4 nitrogen and oxygen atoms in total. The normalized spacial score (nSPS) is 44.0. The minimum Gasteiger partial charge on any atom is -0.347 e. The Balaban J connectivity index is 1.58. The average Bonchev–Trinajstić information content (AvgIpc) is 3.27. The van der Waals surface area contributed by atoms with Gasteiger partial charge in [0, 0.05) is 12.8 Å². The van der Waals surface area contributed by atoms with Gasteiger partial charge in [-0.15, -0.1) is 0 Å². The van der Waals surface area contributed by atoms with Gasteiger partial charge in [-0.2, -0.15) is 0 Å². The van der Waals surface area contributed by atoms with Gasteiger partial charge in [0.25, 0.3) is 0 Å². The maximum absolute atomic E-state index is 7.12. The molecule has 2 aliphatic carbocycles. The number of ether oxygens (including phenoxy) is 4. The molecule has 3 heterocycles. The predicted octanol–water partition coefficient (Wildman–Crippen LogP) is 4.45. The van der Waals surface area contributed by atoms with Crippen LogP contribution in [0.4, 0.5) is 0 Å². The zero-order valence-electron chi connectivity index (χ0n) is 14.9. The van der Waals surface area contributed by atoms with Crippen LogP contribution in [0.3, 0.4) is 0 Å². The molecule has 0 aromatic heterocycles. The lowest BCUT2D eigenvalue weighted by molar-refractivity contribution is -0.493. The van der Waals surface area contributed by atoms with Crippen LogP contribution in [0.1, 0.15) is 89.9 Å². The SMILES string of the molecule is C1CCC2(CC1)O[C@]1(CCCO1)C1(CCCCC1)O[C@@]21CCCO1. The fourth-order valence-electron chi connectivity index (χ4n) is 6.29. The molecular formula is C20H32O4. The van der Waals surface area contributed by atoms with Crippen LogP contribution < -0.4 is 0 Å². The summed E-state index contributed by atoms with van der Waals surface area (Å²) in [5.41, 5.74) is -0.566. The van der Waals surface area contributed by atoms with Crippen LogP contribution in [0.25, 0.3) is 0 Å². The Labute approximate surface area is 145 Å². The van der Waals surface area contributed by atoms with Crippen molar-refractivity contribution in [3.8, 4) is 0 Å². The number of rotatable bonds is 0. The third-order valence-corrected chi connectivity index (χ3v) is 7.40. The molecule has 5 aliphatic rings. The molecule has 0 aromatic rings. The summed E-state index contributed by atoms with van der Waals surface area (Å²) >= 11 is 0. The van der Waals surface area contributed by atoms with Crippen molar-refractivity contribution in [1.82, 2.24) is 0 Å². The topological polar surface area (TPSA) is 36.9 Å². The van der Waals surface area contributed by atoms with Crippen LogP contribution in [-0.4, -0.2) is 36.0 Å². The molecule has 0 bridgehead atoms. The van der Waals surface area contributed by atoms with Gasteiger partial charge >= 0.3 is 0 Å². The van der Waals surface area contributed by atoms with Gasteiger partial charge in [0.05, 0.1) is 13.2 Å². The van der Waals surface area contributed by atoms with Crippen LogP contribution in [0, 0.1) is 0 Å². The van der Waals surface area contributed by atoms with E-state index in [2.05, 4.69) is 0 Å². The summed E-state index contributed by atoms with van der Waals surface area (Å²) in [7, 11) is 0.